The Hall–Kier alpha value is -2.71. The number of nitrogens with zero attached hydrogens (tertiary/aromatic N) is 1. The summed E-state index contributed by atoms with van der Waals surface area (Å²) in [4.78, 5) is 12.1. The number of fused-ring (bicyclic) bond motifs is 1. The van der Waals surface area contributed by atoms with Gasteiger partial charge in [0.25, 0.3) is 0 Å². The van der Waals surface area contributed by atoms with Gasteiger partial charge in [-0.25, -0.2) is 13.1 Å². The van der Waals surface area contributed by atoms with Crippen LogP contribution in [0.15, 0.2) is 53.4 Å². The molecular weight excluding hydrogens is 352 g/mol. The SMILES string of the molecule is Cc1ccc(S(=O)(=O)NCCC(=O)NCc2[nH]nc3ccccc23)cc1. The van der Waals surface area contributed by atoms with E-state index in [1.165, 1.54) is 0 Å². The maximum Gasteiger partial charge on any atom is 0.240 e. The van der Waals surface area contributed by atoms with E-state index in [2.05, 4.69) is 20.2 Å². The van der Waals surface area contributed by atoms with Gasteiger partial charge in [-0.15, -0.1) is 0 Å². The zero-order valence-electron chi connectivity index (χ0n) is 14.3. The Morgan fingerprint density at radius 1 is 1.12 bits per heavy atom. The molecule has 7 nitrogen and oxygen atoms in total. The number of nitrogens with one attached hydrogen (secondary N) is 3. The summed E-state index contributed by atoms with van der Waals surface area (Å²) in [7, 11) is -3.61. The topological polar surface area (TPSA) is 104 Å². The molecule has 3 rings (SSSR count). The van der Waals surface area contributed by atoms with Crippen molar-refractivity contribution in [2.75, 3.05) is 6.54 Å². The van der Waals surface area contributed by atoms with Crippen molar-refractivity contribution in [1.29, 1.82) is 0 Å². The number of aryl methyl sites for hydroxylation is 1. The van der Waals surface area contributed by atoms with Gasteiger partial charge >= 0.3 is 0 Å². The summed E-state index contributed by atoms with van der Waals surface area (Å²) < 4.78 is 26.8. The molecule has 3 N–H and O–H groups in total. The quantitative estimate of drug-likeness (QED) is 0.589. The second-order valence-corrected chi connectivity index (χ2v) is 7.72. The molecule has 1 amide bonds. The summed E-state index contributed by atoms with van der Waals surface area (Å²) in [5.41, 5.74) is 2.63. The molecule has 136 valence electrons. The first kappa shape index (κ1) is 18.1. The first-order chi connectivity index (χ1) is 12.5. The first-order valence-corrected chi connectivity index (χ1v) is 9.69. The van der Waals surface area contributed by atoms with E-state index >= 15 is 0 Å². The number of hydrogen-bond acceptors (Lipinski definition) is 4. The summed E-state index contributed by atoms with van der Waals surface area (Å²) in [6.07, 6.45) is 0.0527. The van der Waals surface area contributed by atoms with Crippen LogP contribution in [0.3, 0.4) is 0 Å². The smallest absolute Gasteiger partial charge is 0.240 e. The summed E-state index contributed by atoms with van der Waals surface area (Å²) in [5, 5.41) is 10.8. The Balaban J connectivity index is 1.49. The molecule has 0 atom stereocenters. The van der Waals surface area contributed by atoms with Crippen molar-refractivity contribution in [3.63, 3.8) is 0 Å². The van der Waals surface area contributed by atoms with Gasteiger partial charge in [-0.1, -0.05) is 35.9 Å². The maximum absolute atomic E-state index is 12.2. The highest BCUT2D eigenvalue weighted by atomic mass is 32.2. The van der Waals surface area contributed by atoms with E-state index in [4.69, 9.17) is 0 Å². The third-order valence-electron chi connectivity index (χ3n) is 3.98. The van der Waals surface area contributed by atoms with E-state index in [1.807, 2.05) is 31.2 Å². The van der Waals surface area contributed by atoms with E-state index in [9.17, 15) is 13.2 Å². The van der Waals surface area contributed by atoms with Crippen LogP contribution in [0.2, 0.25) is 0 Å². The minimum absolute atomic E-state index is 0.0335. The molecule has 0 spiro atoms. The van der Waals surface area contributed by atoms with Crippen LogP contribution in [0.5, 0.6) is 0 Å². The monoisotopic (exact) mass is 372 g/mol. The van der Waals surface area contributed by atoms with Crippen LogP contribution in [-0.4, -0.2) is 31.1 Å². The average molecular weight is 372 g/mol. The minimum atomic E-state index is -3.61. The molecule has 0 aliphatic heterocycles. The van der Waals surface area contributed by atoms with Crippen molar-refractivity contribution >= 4 is 26.8 Å². The van der Waals surface area contributed by atoms with Crippen molar-refractivity contribution in [1.82, 2.24) is 20.2 Å². The van der Waals surface area contributed by atoms with Crippen LogP contribution >= 0.6 is 0 Å². The van der Waals surface area contributed by atoms with Gasteiger partial charge < -0.3 is 5.32 Å². The third-order valence-corrected chi connectivity index (χ3v) is 5.46. The summed E-state index contributed by atoms with van der Waals surface area (Å²) in [6, 6.07) is 14.2. The number of aromatic amines is 1. The second-order valence-electron chi connectivity index (χ2n) is 5.96. The normalized spacial score (nSPS) is 11.6. The van der Waals surface area contributed by atoms with Crippen LogP contribution in [0.25, 0.3) is 10.9 Å². The van der Waals surface area contributed by atoms with Gasteiger partial charge in [-0.2, -0.15) is 5.10 Å². The first-order valence-electron chi connectivity index (χ1n) is 8.21. The van der Waals surface area contributed by atoms with Crippen LogP contribution < -0.4 is 10.0 Å². The molecule has 0 aliphatic carbocycles. The highest BCUT2D eigenvalue weighted by Gasteiger charge is 2.14. The lowest BCUT2D eigenvalue weighted by Gasteiger charge is -2.07. The zero-order valence-corrected chi connectivity index (χ0v) is 15.1. The Kier molecular flexibility index (Phi) is 5.34. The molecule has 0 saturated heterocycles. The Morgan fingerprint density at radius 3 is 2.62 bits per heavy atom. The molecule has 0 fully saturated rings. The number of benzene rings is 2. The molecule has 0 aliphatic rings. The van der Waals surface area contributed by atoms with Gasteiger partial charge in [0.2, 0.25) is 15.9 Å². The predicted molar refractivity (Wildman–Crippen MR) is 98.9 cm³/mol. The van der Waals surface area contributed by atoms with E-state index in [0.29, 0.717) is 6.54 Å². The molecule has 0 saturated carbocycles. The molecular formula is C18H20N4O3S. The molecule has 1 aromatic heterocycles. The number of para-hydroxylation sites is 1. The molecule has 3 aromatic rings. The number of carbonyl (C=O) groups is 1. The van der Waals surface area contributed by atoms with Gasteiger partial charge in [0, 0.05) is 18.4 Å². The lowest BCUT2D eigenvalue weighted by atomic mass is 10.2. The van der Waals surface area contributed by atoms with Gasteiger partial charge in [-0.05, 0) is 25.1 Å². The fourth-order valence-electron chi connectivity index (χ4n) is 2.52. The summed E-state index contributed by atoms with van der Waals surface area (Å²) in [6.45, 7) is 2.23. The number of hydrogen-bond donors (Lipinski definition) is 3. The number of carbonyl (C=O) groups excluding carboxylic acids is 1. The van der Waals surface area contributed by atoms with Crippen LogP contribution in [0.1, 0.15) is 17.7 Å². The largest absolute Gasteiger partial charge is 0.350 e. The molecule has 0 radical (unpaired) electrons. The number of amides is 1. The number of rotatable bonds is 7. The van der Waals surface area contributed by atoms with Crippen molar-refractivity contribution in [3.05, 3.63) is 59.8 Å². The highest BCUT2D eigenvalue weighted by Crippen LogP contribution is 2.14. The molecule has 1 heterocycles. The molecule has 0 bridgehead atoms. The third kappa shape index (κ3) is 4.27. The summed E-state index contributed by atoms with van der Waals surface area (Å²) in [5.74, 6) is -0.240. The molecule has 2 aromatic carbocycles. The van der Waals surface area contributed by atoms with Crippen molar-refractivity contribution in [2.24, 2.45) is 0 Å². The zero-order chi connectivity index (χ0) is 18.6. The lowest BCUT2D eigenvalue weighted by molar-refractivity contribution is -0.121. The van der Waals surface area contributed by atoms with Crippen LogP contribution in [0, 0.1) is 6.92 Å². The molecule has 0 unspecified atom stereocenters. The van der Waals surface area contributed by atoms with Crippen molar-refractivity contribution in [3.8, 4) is 0 Å². The number of H-pyrrole nitrogens is 1. The lowest BCUT2D eigenvalue weighted by Crippen LogP contribution is -2.30. The standard InChI is InChI=1S/C18H20N4O3S/c1-13-6-8-14(9-7-13)26(24,25)20-11-10-18(23)19-12-17-15-4-2-3-5-16(15)21-22-17/h2-9,20H,10-12H2,1H3,(H,19,23)(H,21,22). The van der Waals surface area contributed by atoms with E-state index in [0.717, 1.165) is 22.2 Å². The van der Waals surface area contributed by atoms with Gasteiger partial charge in [0.05, 0.1) is 22.7 Å². The van der Waals surface area contributed by atoms with E-state index < -0.39 is 10.0 Å². The van der Waals surface area contributed by atoms with Gasteiger partial charge in [0.15, 0.2) is 0 Å². The predicted octanol–water partition coefficient (Wildman–Crippen LogP) is 1.86. The van der Waals surface area contributed by atoms with Crippen molar-refractivity contribution in [2.45, 2.75) is 24.8 Å². The average Bonchev–Trinajstić information content (AvgIpc) is 3.03. The number of sulfonamides is 1. The van der Waals surface area contributed by atoms with Gasteiger partial charge in [0.1, 0.15) is 0 Å². The Bertz CT molecular complexity index is 1010. The number of aromatic nitrogens is 2. The second kappa shape index (κ2) is 7.67. The Morgan fingerprint density at radius 2 is 1.85 bits per heavy atom. The van der Waals surface area contributed by atoms with E-state index in [1.54, 1.807) is 24.3 Å². The van der Waals surface area contributed by atoms with E-state index in [-0.39, 0.29) is 23.8 Å². The fourth-order valence-corrected chi connectivity index (χ4v) is 3.56. The molecule has 8 heteroatoms. The maximum atomic E-state index is 12.2. The fraction of sp³-hybridized carbons (Fsp3) is 0.222. The summed E-state index contributed by atoms with van der Waals surface area (Å²) >= 11 is 0. The van der Waals surface area contributed by atoms with Gasteiger partial charge in [-0.3, -0.25) is 9.89 Å². The minimum Gasteiger partial charge on any atom is -0.350 e. The van der Waals surface area contributed by atoms with Crippen LogP contribution in [0.4, 0.5) is 0 Å². The van der Waals surface area contributed by atoms with Crippen molar-refractivity contribution < 1.29 is 13.2 Å². The molecule has 26 heavy (non-hydrogen) atoms. The Labute approximate surface area is 151 Å². The van der Waals surface area contributed by atoms with Crippen LogP contribution in [-0.2, 0) is 21.4 Å². The highest BCUT2D eigenvalue weighted by molar-refractivity contribution is 7.89.